The van der Waals surface area contributed by atoms with Gasteiger partial charge in [-0.05, 0) is 66.7 Å². The van der Waals surface area contributed by atoms with Gasteiger partial charge in [0.2, 0.25) is 0 Å². The Morgan fingerprint density at radius 2 is 1.73 bits per heavy atom. The molecule has 0 aliphatic heterocycles. The zero-order valence-electron chi connectivity index (χ0n) is 14.4. The fraction of sp³-hybridized carbons (Fsp3) is 0.714. The first-order valence-electron chi connectivity index (χ1n) is 9.46. The molecule has 1 aromatic rings. The van der Waals surface area contributed by atoms with Gasteiger partial charge in [-0.2, -0.15) is 0 Å². The minimum absolute atomic E-state index is 0.902. The van der Waals surface area contributed by atoms with Gasteiger partial charge in [-0.15, -0.1) is 0 Å². The van der Waals surface area contributed by atoms with Gasteiger partial charge in [0.1, 0.15) is 5.75 Å². The summed E-state index contributed by atoms with van der Waals surface area (Å²) in [5, 5.41) is 0. The van der Waals surface area contributed by atoms with Crippen molar-refractivity contribution in [3.63, 3.8) is 0 Å². The van der Waals surface area contributed by atoms with E-state index in [0.29, 0.717) is 0 Å². The number of hydrogen-bond acceptors (Lipinski definition) is 1. The van der Waals surface area contributed by atoms with Gasteiger partial charge in [-0.25, -0.2) is 0 Å². The van der Waals surface area contributed by atoms with Crippen LogP contribution >= 0.6 is 0 Å². The number of hydrogen-bond donors (Lipinski definition) is 0. The van der Waals surface area contributed by atoms with E-state index in [0.717, 1.165) is 23.5 Å². The summed E-state index contributed by atoms with van der Waals surface area (Å²) in [6, 6.07) is 6.70. The van der Waals surface area contributed by atoms with Gasteiger partial charge in [0.05, 0.1) is 7.11 Å². The Hall–Kier alpha value is -0.980. The Morgan fingerprint density at radius 3 is 2.45 bits per heavy atom. The van der Waals surface area contributed by atoms with Crippen LogP contribution in [0.2, 0.25) is 0 Å². The van der Waals surface area contributed by atoms with Gasteiger partial charge in [-0.1, -0.05) is 51.5 Å². The van der Waals surface area contributed by atoms with Crippen LogP contribution in [0.5, 0.6) is 5.75 Å². The molecule has 1 saturated carbocycles. The van der Waals surface area contributed by atoms with E-state index in [9.17, 15) is 0 Å². The van der Waals surface area contributed by atoms with Crippen LogP contribution in [-0.4, -0.2) is 7.11 Å². The summed E-state index contributed by atoms with van der Waals surface area (Å²) in [6.45, 7) is 2.31. The molecule has 1 atom stereocenters. The van der Waals surface area contributed by atoms with Gasteiger partial charge < -0.3 is 4.74 Å². The van der Waals surface area contributed by atoms with Crippen molar-refractivity contribution in [3.8, 4) is 5.75 Å². The lowest BCUT2D eigenvalue weighted by molar-refractivity contribution is 0.200. The summed E-state index contributed by atoms with van der Waals surface area (Å²) in [6.07, 6.45) is 14.3. The minimum Gasteiger partial charge on any atom is -0.497 e. The number of rotatable bonds is 6. The van der Waals surface area contributed by atoms with Crippen LogP contribution < -0.4 is 4.74 Å². The number of benzene rings is 1. The van der Waals surface area contributed by atoms with Crippen LogP contribution in [-0.2, 0) is 12.8 Å². The lowest BCUT2D eigenvalue weighted by Gasteiger charge is -2.32. The largest absolute Gasteiger partial charge is 0.497 e. The maximum atomic E-state index is 5.38. The lowest BCUT2D eigenvalue weighted by atomic mass is 9.73. The first kappa shape index (κ1) is 15.9. The minimum atomic E-state index is 0.902. The third-order valence-corrected chi connectivity index (χ3v) is 6.15. The molecule has 1 nitrogen and oxygen atoms in total. The summed E-state index contributed by atoms with van der Waals surface area (Å²) in [4.78, 5) is 0. The van der Waals surface area contributed by atoms with E-state index in [1.165, 1.54) is 64.2 Å². The third-order valence-electron chi connectivity index (χ3n) is 6.15. The molecule has 2 aliphatic rings. The van der Waals surface area contributed by atoms with Crippen molar-refractivity contribution in [2.75, 3.05) is 7.11 Å². The van der Waals surface area contributed by atoms with E-state index in [1.54, 1.807) is 18.2 Å². The van der Waals surface area contributed by atoms with Crippen LogP contribution in [0.15, 0.2) is 18.2 Å². The molecule has 22 heavy (non-hydrogen) atoms. The van der Waals surface area contributed by atoms with Crippen LogP contribution in [0, 0.1) is 17.8 Å². The van der Waals surface area contributed by atoms with Gasteiger partial charge in [0.25, 0.3) is 0 Å². The van der Waals surface area contributed by atoms with E-state index < -0.39 is 0 Å². The van der Waals surface area contributed by atoms with Gasteiger partial charge in [0.15, 0.2) is 0 Å². The summed E-state index contributed by atoms with van der Waals surface area (Å²) in [5.41, 5.74) is 3.13. The standard InChI is InChI=1S/C21H32O/c1-3-4-5-6-16-7-9-17(10-8-16)19-13-18-11-12-21(22-2)15-20(18)14-19/h11-12,15-17,19H,3-10,13-14H2,1-2H3. The van der Waals surface area contributed by atoms with Crippen LogP contribution in [0.3, 0.4) is 0 Å². The Bertz CT molecular complexity index is 471. The zero-order chi connectivity index (χ0) is 15.4. The second kappa shape index (κ2) is 7.53. The van der Waals surface area contributed by atoms with Crippen LogP contribution in [0.1, 0.15) is 69.4 Å². The Kier molecular flexibility index (Phi) is 5.44. The van der Waals surface area contributed by atoms with Crippen molar-refractivity contribution < 1.29 is 4.74 Å². The number of fused-ring (bicyclic) bond motifs is 1. The van der Waals surface area contributed by atoms with Crippen molar-refractivity contribution in [1.29, 1.82) is 0 Å². The van der Waals surface area contributed by atoms with Crippen molar-refractivity contribution in [3.05, 3.63) is 29.3 Å². The Morgan fingerprint density at radius 1 is 0.955 bits per heavy atom. The summed E-state index contributed by atoms with van der Waals surface area (Å²) in [5.74, 6) is 3.94. The molecular formula is C21H32O. The van der Waals surface area contributed by atoms with E-state index in [2.05, 4.69) is 25.1 Å². The van der Waals surface area contributed by atoms with Crippen molar-refractivity contribution in [1.82, 2.24) is 0 Å². The highest BCUT2D eigenvalue weighted by Crippen LogP contribution is 2.41. The average molecular weight is 300 g/mol. The van der Waals surface area contributed by atoms with Gasteiger partial charge in [0, 0.05) is 0 Å². The van der Waals surface area contributed by atoms with Crippen molar-refractivity contribution in [2.24, 2.45) is 17.8 Å². The highest BCUT2D eigenvalue weighted by atomic mass is 16.5. The molecule has 0 saturated heterocycles. The molecule has 122 valence electrons. The second-order valence-electron chi connectivity index (χ2n) is 7.58. The average Bonchev–Trinajstić information content (AvgIpc) is 2.98. The topological polar surface area (TPSA) is 9.23 Å². The second-order valence-corrected chi connectivity index (χ2v) is 7.58. The molecule has 0 bridgehead atoms. The van der Waals surface area contributed by atoms with Crippen molar-refractivity contribution >= 4 is 0 Å². The van der Waals surface area contributed by atoms with Gasteiger partial charge in [-0.3, -0.25) is 0 Å². The quantitative estimate of drug-likeness (QED) is 0.604. The summed E-state index contributed by atoms with van der Waals surface area (Å²) >= 11 is 0. The molecule has 0 heterocycles. The molecule has 2 aliphatic carbocycles. The Balaban J connectivity index is 1.49. The predicted octanol–water partition coefficient (Wildman–Crippen LogP) is 5.80. The Labute approximate surface area is 136 Å². The fourth-order valence-corrected chi connectivity index (χ4v) is 4.72. The SMILES string of the molecule is CCCCCC1CCC(C2Cc3ccc(OC)cc3C2)CC1. The van der Waals surface area contributed by atoms with Crippen LogP contribution in [0.4, 0.5) is 0 Å². The number of unbranched alkanes of at least 4 members (excludes halogenated alkanes) is 2. The molecule has 0 aromatic heterocycles. The van der Waals surface area contributed by atoms with E-state index in [-0.39, 0.29) is 0 Å². The maximum absolute atomic E-state index is 5.38. The van der Waals surface area contributed by atoms with E-state index >= 15 is 0 Å². The maximum Gasteiger partial charge on any atom is 0.119 e. The molecule has 1 fully saturated rings. The van der Waals surface area contributed by atoms with Gasteiger partial charge >= 0.3 is 0 Å². The lowest BCUT2D eigenvalue weighted by Crippen LogP contribution is -2.22. The number of methoxy groups -OCH3 is 1. The molecule has 1 unspecified atom stereocenters. The molecule has 0 amide bonds. The predicted molar refractivity (Wildman–Crippen MR) is 93.5 cm³/mol. The third kappa shape index (κ3) is 3.67. The van der Waals surface area contributed by atoms with Crippen LogP contribution in [0.25, 0.3) is 0 Å². The van der Waals surface area contributed by atoms with E-state index in [4.69, 9.17) is 4.74 Å². The first-order valence-corrected chi connectivity index (χ1v) is 9.46. The fourth-order valence-electron chi connectivity index (χ4n) is 4.72. The van der Waals surface area contributed by atoms with E-state index in [1.807, 2.05) is 0 Å². The zero-order valence-corrected chi connectivity index (χ0v) is 14.4. The normalized spacial score (nSPS) is 27.6. The summed E-state index contributed by atoms with van der Waals surface area (Å²) in [7, 11) is 1.77. The highest BCUT2D eigenvalue weighted by Gasteiger charge is 2.31. The molecule has 0 N–H and O–H groups in total. The van der Waals surface area contributed by atoms with Crippen molar-refractivity contribution in [2.45, 2.75) is 71.1 Å². The molecule has 3 rings (SSSR count). The first-order chi connectivity index (χ1) is 10.8. The monoisotopic (exact) mass is 300 g/mol. The number of ether oxygens (including phenoxy) is 1. The highest BCUT2D eigenvalue weighted by molar-refractivity contribution is 5.39. The molecule has 1 aromatic carbocycles. The molecular weight excluding hydrogens is 268 g/mol. The molecule has 0 radical (unpaired) electrons. The smallest absolute Gasteiger partial charge is 0.119 e. The molecule has 1 heteroatoms. The summed E-state index contributed by atoms with van der Waals surface area (Å²) < 4.78 is 5.38. The molecule has 0 spiro atoms.